The number of aromatic nitrogens is 1. The van der Waals surface area contributed by atoms with Gasteiger partial charge in [-0.2, -0.15) is 0 Å². The van der Waals surface area contributed by atoms with Crippen molar-refractivity contribution in [1.29, 1.82) is 0 Å². The van der Waals surface area contributed by atoms with Gasteiger partial charge >= 0.3 is 0 Å². The molecule has 1 N–H and O–H groups in total. The first kappa shape index (κ1) is 24.9. The minimum absolute atomic E-state index is 0.306. The van der Waals surface area contributed by atoms with Gasteiger partial charge in [0.25, 0.3) is 0 Å². The van der Waals surface area contributed by atoms with Crippen molar-refractivity contribution in [2.75, 3.05) is 11.4 Å². The highest BCUT2D eigenvalue weighted by atomic mass is 32.4. The fourth-order valence-corrected chi connectivity index (χ4v) is 8.19. The van der Waals surface area contributed by atoms with Crippen LogP contribution in [0.3, 0.4) is 0 Å². The van der Waals surface area contributed by atoms with E-state index in [9.17, 15) is 10.3 Å². The lowest BCUT2D eigenvalue weighted by atomic mass is 10.00. The number of carbonyl (C=O) groups is 1. The fourth-order valence-electron chi connectivity index (χ4n) is 4.65. The quantitative estimate of drug-likeness (QED) is 0.151. The predicted molar refractivity (Wildman–Crippen MR) is 152 cm³/mol. The van der Waals surface area contributed by atoms with Crippen LogP contribution in [0, 0.1) is 0 Å². The van der Waals surface area contributed by atoms with E-state index in [1.54, 1.807) is 11.1 Å². The summed E-state index contributed by atoms with van der Waals surface area (Å²) in [6.45, 7) is 0.482. The number of fused-ring (bicyclic) bond motifs is 1. The minimum Gasteiger partial charge on any atom is -0.296 e. The third-order valence-electron chi connectivity index (χ3n) is 6.46. The van der Waals surface area contributed by atoms with Crippen LogP contribution in [-0.4, -0.2) is 23.5 Å². The molecule has 0 spiro atoms. The van der Waals surface area contributed by atoms with Crippen molar-refractivity contribution >= 4 is 40.3 Å². The maximum Gasteiger partial charge on any atom is 0.239 e. The maximum absolute atomic E-state index is 14.0. The molecular formula is C28H25N6OPS. The summed E-state index contributed by atoms with van der Waals surface area (Å²) >= 11 is 6.43. The van der Waals surface area contributed by atoms with E-state index >= 15 is 0 Å². The molecule has 0 aliphatic carbocycles. The van der Waals surface area contributed by atoms with Gasteiger partial charge in [-0.05, 0) is 29.1 Å². The normalized spacial score (nSPS) is 14.3. The Balaban J connectivity index is 1.62. The van der Waals surface area contributed by atoms with E-state index in [4.69, 9.17) is 11.8 Å². The average Bonchev–Trinajstić information content (AvgIpc) is 3.40. The van der Waals surface area contributed by atoms with E-state index < -0.39 is 18.3 Å². The molecule has 3 aromatic carbocycles. The third kappa shape index (κ3) is 5.06. The summed E-state index contributed by atoms with van der Waals surface area (Å²) in [5.41, 5.74) is 11.4. The van der Waals surface area contributed by atoms with Crippen LogP contribution in [0.4, 0.5) is 5.82 Å². The molecule has 5 rings (SSSR count). The van der Waals surface area contributed by atoms with Gasteiger partial charge in [0.2, 0.25) is 5.91 Å². The van der Waals surface area contributed by atoms with Crippen LogP contribution in [0.5, 0.6) is 0 Å². The van der Waals surface area contributed by atoms with Crippen molar-refractivity contribution in [2.24, 2.45) is 5.11 Å². The van der Waals surface area contributed by atoms with E-state index in [0.29, 0.717) is 18.8 Å². The van der Waals surface area contributed by atoms with E-state index in [2.05, 4.69) is 20.1 Å². The topological polar surface area (TPSA) is 94.0 Å². The summed E-state index contributed by atoms with van der Waals surface area (Å²) in [4.78, 5) is 23.2. The number of pyridine rings is 1. The number of hydrogen-bond acceptors (Lipinski definition) is 4. The zero-order valence-corrected chi connectivity index (χ0v) is 21.7. The van der Waals surface area contributed by atoms with Crippen molar-refractivity contribution in [1.82, 2.24) is 10.1 Å². The average molecular weight is 525 g/mol. The molecule has 4 aromatic rings. The van der Waals surface area contributed by atoms with Gasteiger partial charge < -0.3 is 0 Å². The number of amides is 1. The van der Waals surface area contributed by atoms with Crippen molar-refractivity contribution < 1.29 is 4.79 Å². The smallest absolute Gasteiger partial charge is 0.239 e. The Kier molecular flexibility index (Phi) is 7.45. The third-order valence-corrected chi connectivity index (χ3v) is 10.7. The Morgan fingerprint density at radius 2 is 1.54 bits per heavy atom. The molecule has 184 valence electrons. The number of carbonyl (C=O) groups excluding carboxylic acids is 1. The second-order valence-electron chi connectivity index (χ2n) is 8.67. The summed E-state index contributed by atoms with van der Waals surface area (Å²) in [5, 5.41) is 9.66. The van der Waals surface area contributed by atoms with Crippen LogP contribution in [-0.2, 0) is 23.0 Å². The molecule has 2 heterocycles. The second-order valence-corrected chi connectivity index (χ2v) is 12.8. The van der Waals surface area contributed by atoms with Gasteiger partial charge in [-0.25, -0.2) is 4.98 Å². The van der Waals surface area contributed by atoms with E-state index in [-0.39, 0.29) is 5.91 Å². The molecule has 9 heteroatoms. The van der Waals surface area contributed by atoms with Gasteiger partial charge in [-0.15, -0.1) is 0 Å². The van der Waals surface area contributed by atoms with Gasteiger partial charge in [0, 0.05) is 28.3 Å². The lowest BCUT2D eigenvalue weighted by Gasteiger charge is -2.34. The highest BCUT2D eigenvalue weighted by molar-refractivity contribution is 8.20. The van der Waals surface area contributed by atoms with Crippen molar-refractivity contribution in [2.45, 2.75) is 18.5 Å². The van der Waals surface area contributed by atoms with Gasteiger partial charge in [-0.3, -0.25) is 14.8 Å². The molecule has 1 aromatic heterocycles. The molecule has 0 radical (unpaired) electrons. The first-order valence-corrected chi connectivity index (χ1v) is 14.8. The molecule has 0 saturated heterocycles. The maximum atomic E-state index is 14.0. The van der Waals surface area contributed by atoms with Gasteiger partial charge in [-0.1, -0.05) is 114 Å². The standard InChI is InChI=1S/C28H25N6OPS/c29-33-31-26(28(35)34-20-18-22-13-10-19-30-27(22)34)25(21-11-4-1-5-12-21)32-36(37,23-14-6-2-7-15-23)24-16-8-3-9-17-24/h1-17,19,25-26H,18,20H2,(H,32,37). The number of azide groups is 1. The van der Waals surface area contributed by atoms with E-state index in [1.165, 1.54) is 0 Å². The number of anilines is 1. The predicted octanol–water partition coefficient (Wildman–Crippen LogP) is 5.03. The molecule has 2 atom stereocenters. The highest BCUT2D eigenvalue weighted by Gasteiger charge is 2.38. The minimum atomic E-state index is -2.65. The van der Waals surface area contributed by atoms with Crippen molar-refractivity contribution in [3.63, 3.8) is 0 Å². The molecule has 2 unspecified atom stereocenters. The van der Waals surface area contributed by atoms with Crippen molar-refractivity contribution in [3.05, 3.63) is 131 Å². The summed E-state index contributed by atoms with van der Waals surface area (Å²) in [7, 11) is 0. The number of benzene rings is 3. The van der Waals surface area contributed by atoms with Crippen LogP contribution < -0.4 is 20.6 Å². The summed E-state index contributed by atoms with van der Waals surface area (Å²) in [6, 6.07) is 31.4. The second kappa shape index (κ2) is 11.1. The molecule has 1 aliphatic rings. The first-order chi connectivity index (χ1) is 18.1. The number of nitrogens with zero attached hydrogens (tertiary/aromatic N) is 5. The van der Waals surface area contributed by atoms with Crippen LogP contribution in [0.2, 0.25) is 0 Å². The van der Waals surface area contributed by atoms with Gasteiger partial charge in [0.15, 0.2) is 0 Å². The van der Waals surface area contributed by atoms with Gasteiger partial charge in [0.05, 0.1) is 12.2 Å². The van der Waals surface area contributed by atoms with Crippen LogP contribution in [0.1, 0.15) is 17.2 Å². The zero-order valence-electron chi connectivity index (χ0n) is 20.0. The summed E-state index contributed by atoms with van der Waals surface area (Å²) in [6.07, 6.45) is -0.274. The van der Waals surface area contributed by atoms with Crippen LogP contribution in [0.25, 0.3) is 10.4 Å². The lowest BCUT2D eigenvalue weighted by Crippen LogP contribution is -2.45. The Bertz CT molecular complexity index is 1440. The molecule has 0 saturated carbocycles. The number of hydrogen-bond donors (Lipinski definition) is 1. The van der Waals surface area contributed by atoms with E-state index in [0.717, 1.165) is 21.7 Å². The largest absolute Gasteiger partial charge is 0.296 e. The number of nitrogens with one attached hydrogen (secondary N) is 1. The highest BCUT2D eigenvalue weighted by Crippen LogP contribution is 2.44. The van der Waals surface area contributed by atoms with Crippen molar-refractivity contribution in [3.8, 4) is 0 Å². The molecule has 7 nitrogen and oxygen atoms in total. The zero-order chi connectivity index (χ0) is 25.7. The van der Waals surface area contributed by atoms with Crippen LogP contribution >= 0.6 is 6.19 Å². The lowest BCUT2D eigenvalue weighted by molar-refractivity contribution is -0.120. The van der Waals surface area contributed by atoms with Crippen LogP contribution in [0.15, 0.2) is 114 Å². The Hall–Kier alpha value is -3.80. The first-order valence-electron chi connectivity index (χ1n) is 12.0. The molecule has 1 amide bonds. The Morgan fingerprint density at radius 1 is 0.946 bits per heavy atom. The van der Waals surface area contributed by atoms with E-state index in [1.807, 2.05) is 103 Å². The Labute approximate surface area is 220 Å². The summed E-state index contributed by atoms with van der Waals surface area (Å²) < 4.78 is 0. The molecular weight excluding hydrogens is 499 g/mol. The fraction of sp³-hybridized carbons (Fsp3) is 0.143. The Morgan fingerprint density at radius 3 is 2.14 bits per heavy atom. The summed E-state index contributed by atoms with van der Waals surface area (Å²) in [5.74, 6) is 0.308. The monoisotopic (exact) mass is 524 g/mol. The molecule has 1 aliphatic heterocycles. The van der Waals surface area contributed by atoms with Gasteiger partial charge in [0.1, 0.15) is 11.9 Å². The molecule has 37 heavy (non-hydrogen) atoms. The number of rotatable bonds is 8. The SMILES string of the molecule is [N-]=[N+]=NC(C(=O)N1CCc2cccnc21)C(NP(=S)(c1ccccc1)c1ccccc1)c1ccccc1. The molecule has 0 fully saturated rings. The molecule has 0 bridgehead atoms.